The van der Waals surface area contributed by atoms with Crippen molar-refractivity contribution < 1.29 is 4.74 Å². The van der Waals surface area contributed by atoms with Gasteiger partial charge in [-0.05, 0) is 36.1 Å². The van der Waals surface area contributed by atoms with E-state index in [1.54, 1.807) is 0 Å². The number of hydrogen-bond acceptors (Lipinski definition) is 3. The molecule has 0 N–H and O–H groups in total. The Kier molecular flexibility index (Phi) is 5.59. The molecule has 0 saturated carbocycles. The lowest BCUT2D eigenvalue weighted by Crippen LogP contribution is -2.00. The molecule has 2 aromatic rings. The van der Waals surface area contributed by atoms with Gasteiger partial charge >= 0.3 is 0 Å². The van der Waals surface area contributed by atoms with Crippen LogP contribution in [-0.4, -0.2) is 9.97 Å². The minimum Gasteiger partial charge on any atom is -0.438 e. The lowest BCUT2D eigenvalue weighted by atomic mass is 10.0. The van der Waals surface area contributed by atoms with Crippen LogP contribution in [0.25, 0.3) is 0 Å². The third kappa shape index (κ3) is 3.95. The number of benzene rings is 1. The van der Waals surface area contributed by atoms with Crippen molar-refractivity contribution in [3.8, 4) is 11.6 Å². The first-order valence-corrected chi connectivity index (χ1v) is 8.16. The standard InChI is InChI=1S/C16H18BrClN2O/c1-4-5-12-15(18)19-9-20-16(12)21-14-7-6-11(17)8-13(14)10(2)3/h6-10H,4-5H2,1-3H3. The summed E-state index contributed by atoms with van der Waals surface area (Å²) in [5.74, 6) is 1.70. The van der Waals surface area contributed by atoms with E-state index < -0.39 is 0 Å². The maximum atomic E-state index is 6.16. The molecule has 5 heteroatoms. The summed E-state index contributed by atoms with van der Waals surface area (Å²) in [6, 6.07) is 5.98. The number of aromatic nitrogens is 2. The van der Waals surface area contributed by atoms with Gasteiger partial charge in [-0.25, -0.2) is 9.97 Å². The van der Waals surface area contributed by atoms with Crippen LogP contribution in [0, 0.1) is 0 Å². The summed E-state index contributed by atoms with van der Waals surface area (Å²) in [6.07, 6.45) is 3.19. The van der Waals surface area contributed by atoms with Crippen molar-refractivity contribution in [3.05, 3.63) is 45.3 Å². The van der Waals surface area contributed by atoms with Crippen molar-refractivity contribution >= 4 is 27.5 Å². The normalized spacial score (nSPS) is 11.0. The summed E-state index contributed by atoms with van der Waals surface area (Å²) >= 11 is 9.66. The summed E-state index contributed by atoms with van der Waals surface area (Å²) in [5.41, 5.74) is 1.99. The monoisotopic (exact) mass is 368 g/mol. The molecule has 1 aromatic carbocycles. The van der Waals surface area contributed by atoms with Crippen LogP contribution in [0.4, 0.5) is 0 Å². The van der Waals surface area contributed by atoms with Gasteiger partial charge in [-0.3, -0.25) is 0 Å². The Morgan fingerprint density at radius 1 is 1.29 bits per heavy atom. The molecule has 0 aliphatic heterocycles. The highest BCUT2D eigenvalue weighted by atomic mass is 79.9. The van der Waals surface area contributed by atoms with Crippen LogP contribution >= 0.6 is 27.5 Å². The average molecular weight is 370 g/mol. The fraction of sp³-hybridized carbons (Fsp3) is 0.375. The van der Waals surface area contributed by atoms with Crippen LogP contribution in [0.5, 0.6) is 11.6 Å². The molecule has 0 fully saturated rings. The minimum absolute atomic E-state index is 0.351. The van der Waals surface area contributed by atoms with Gasteiger partial charge in [-0.2, -0.15) is 0 Å². The van der Waals surface area contributed by atoms with Gasteiger partial charge in [0.15, 0.2) is 0 Å². The third-order valence-corrected chi connectivity index (χ3v) is 3.97. The molecule has 1 aromatic heterocycles. The molecule has 0 atom stereocenters. The summed E-state index contributed by atoms with van der Waals surface area (Å²) in [6.45, 7) is 6.36. The Bertz CT molecular complexity index is 632. The molecule has 3 nitrogen and oxygen atoms in total. The minimum atomic E-state index is 0.351. The van der Waals surface area contributed by atoms with Crippen molar-refractivity contribution in [2.24, 2.45) is 0 Å². The quantitative estimate of drug-likeness (QED) is 0.628. The fourth-order valence-corrected chi connectivity index (χ4v) is 2.69. The highest BCUT2D eigenvalue weighted by Gasteiger charge is 2.15. The van der Waals surface area contributed by atoms with Crippen molar-refractivity contribution in [1.29, 1.82) is 0 Å². The molecule has 2 rings (SSSR count). The Labute approximate surface area is 138 Å². The molecule has 0 amide bonds. The van der Waals surface area contributed by atoms with Gasteiger partial charge < -0.3 is 4.74 Å². The van der Waals surface area contributed by atoms with Gasteiger partial charge in [0, 0.05) is 4.47 Å². The molecule has 1 heterocycles. The second-order valence-corrected chi connectivity index (χ2v) is 6.41. The van der Waals surface area contributed by atoms with E-state index in [1.165, 1.54) is 6.33 Å². The zero-order valence-corrected chi connectivity index (χ0v) is 14.7. The van der Waals surface area contributed by atoms with Crippen molar-refractivity contribution in [2.75, 3.05) is 0 Å². The molecule has 21 heavy (non-hydrogen) atoms. The van der Waals surface area contributed by atoms with E-state index in [-0.39, 0.29) is 0 Å². The number of rotatable bonds is 5. The smallest absolute Gasteiger partial charge is 0.227 e. The van der Waals surface area contributed by atoms with Gasteiger partial charge in [-0.15, -0.1) is 0 Å². The van der Waals surface area contributed by atoms with Crippen LogP contribution in [0.2, 0.25) is 5.15 Å². The molecule has 112 valence electrons. The van der Waals surface area contributed by atoms with Gasteiger partial charge in [0.2, 0.25) is 5.88 Å². The van der Waals surface area contributed by atoms with Crippen LogP contribution in [0.1, 0.15) is 44.2 Å². The molecular formula is C16H18BrClN2O. The zero-order chi connectivity index (χ0) is 15.4. The summed E-state index contributed by atoms with van der Waals surface area (Å²) in [7, 11) is 0. The van der Waals surface area contributed by atoms with E-state index >= 15 is 0 Å². The number of ether oxygens (including phenoxy) is 1. The number of nitrogens with zero attached hydrogens (tertiary/aromatic N) is 2. The van der Waals surface area contributed by atoms with Crippen molar-refractivity contribution in [1.82, 2.24) is 9.97 Å². The zero-order valence-electron chi connectivity index (χ0n) is 12.4. The Balaban J connectivity index is 2.41. The molecule has 0 radical (unpaired) electrons. The Morgan fingerprint density at radius 3 is 2.71 bits per heavy atom. The average Bonchev–Trinajstić information content (AvgIpc) is 2.44. The van der Waals surface area contributed by atoms with E-state index in [1.807, 2.05) is 12.1 Å². The lowest BCUT2D eigenvalue weighted by Gasteiger charge is -2.15. The Hall–Kier alpha value is -1.13. The molecule has 0 unspecified atom stereocenters. The van der Waals surface area contributed by atoms with Crippen LogP contribution in [0.15, 0.2) is 29.0 Å². The third-order valence-electron chi connectivity index (χ3n) is 3.15. The van der Waals surface area contributed by atoms with Crippen molar-refractivity contribution in [2.45, 2.75) is 39.5 Å². The molecule has 0 bridgehead atoms. The molecule has 0 aliphatic rings. The van der Waals surface area contributed by atoms with E-state index in [4.69, 9.17) is 16.3 Å². The molecule has 0 aliphatic carbocycles. The van der Waals surface area contributed by atoms with Gasteiger partial charge in [-0.1, -0.05) is 54.7 Å². The predicted octanol–water partition coefficient (Wildman–Crippen LogP) is 5.76. The maximum absolute atomic E-state index is 6.16. The number of halogens is 2. The van der Waals surface area contributed by atoms with Crippen LogP contribution in [-0.2, 0) is 6.42 Å². The van der Waals surface area contributed by atoms with Crippen molar-refractivity contribution in [3.63, 3.8) is 0 Å². The highest BCUT2D eigenvalue weighted by Crippen LogP contribution is 2.34. The first-order valence-electron chi connectivity index (χ1n) is 6.99. The summed E-state index contributed by atoms with van der Waals surface area (Å²) in [4.78, 5) is 8.29. The fourth-order valence-electron chi connectivity index (χ4n) is 2.09. The molecule has 0 saturated heterocycles. The first kappa shape index (κ1) is 16.2. The summed E-state index contributed by atoms with van der Waals surface area (Å²) < 4.78 is 7.07. The lowest BCUT2D eigenvalue weighted by molar-refractivity contribution is 0.446. The van der Waals surface area contributed by atoms with Gasteiger partial charge in [0.1, 0.15) is 17.2 Å². The van der Waals surface area contributed by atoms with Crippen LogP contribution in [0.3, 0.4) is 0 Å². The van der Waals surface area contributed by atoms with E-state index in [2.05, 4.69) is 52.7 Å². The molecule has 0 spiro atoms. The van der Waals surface area contributed by atoms with Crippen LogP contribution < -0.4 is 4.74 Å². The highest BCUT2D eigenvalue weighted by molar-refractivity contribution is 9.10. The van der Waals surface area contributed by atoms with E-state index in [0.717, 1.165) is 34.2 Å². The second kappa shape index (κ2) is 7.23. The maximum Gasteiger partial charge on any atom is 0.227 e. The Morgan fingerprint density at radius 2 is 2.05 bits per heavy atom. The molecular weight excluding hydrogens is 352 g/mol. The first-order chi connectivity index (χ1) is 10.0. The van der Waals surface area contributed by atoms with E-state index in [9.17, 15) is 0 Å². The van der Waals surface area contributed by atoms with Gasteiger partial charge in [0.05, 0.1) is 5.56 Å². The second-order valence-electron chi connectivity index (χ2n) is 5.14. The number of hydrogen-bond donors (Lipinski definition) is 0. The topological polar surface area (TPSA) is 35.0 Å². The largest absolute Gasteiger partial charge is 0.438 e. The van der Waals surface area contributed by atoms with E-state index in [0.29, 0.717) is 17.0 Å². The summed E-state index contributed by atoms with van der Waals surface area (Å²) in [5, 5.41) is 0.463. The van der Waals surface area contributed by atoms with Gasteiger partial charge in [0.25, 0.3) is 0 Å². The SMILES string of the molecule is CCCc1c(Cl)ncnc1Oc1ccc(Br)cc1C(C)C. The predicted molar refractivity (Wildman–Crippen MR) is 89.3 cm³/mol.